The summed E-state index contributed by atoms with van der Waals surface area (Å²) in [7, 11) is 1.60. The van der Waals surface area contributed by atoms with Crippen LogP contribution in [0.15, 0.2) is 53.6 Å². The summed E-state index contributed by atoms with van der Waals surface area (Å²) in [5.41, 5.74) is 1.25. The van der Waals surface area contributed by atoms with E-state index in [2.05, 4.69) is 10.3 Å². The van der Waals surface area contributed by atoms with E-state index in [1.807, 2.05) is 0 Å². The summed E-state index contributed by atoms with van der Waals surface area (Å²) in [4.78, 5) is 31.5. The Kier molecular flexibility index (Phi) is 5.40. The van der Waals surface area contributed by atoms with Gasteiger partial charge < -0.3 is 15.0 Å². The van der Waals surface area contributed by atoms with Crippen molar-refractivity contribution in [2.24, 2.45) is 0 Å². The molecule has 3 aromatic rings. The van der Waals surface area contributed by atoms with Crippen LogP contribution in [0.2, 0.25) is 5.02 Å². The Bertz CT molecular complexity index is 1090. The van der Waals surface area contributed by atoms with Crippen molar-refractivity contribution in [1.82, 2.24) is 14.5 Å². The van der Waals surface area contributed by atoms with Crippen LogP contribution in [0, 0.1) is 0 Å². The average molecular weight is 413 g/mol. The van der Waals surface area contributed by atoms with Crippen LogP contribution in [0.3, 0.4) is 0 Å². The fourth-order valence-corrected chi connectivity index (χ4v) is 3.76. The van der Waals surface area contributed by atoms with Crippen molar-refractivity contribution in [1.29, 1.82) is 0 Å². The molecule has 4 rings (SSSR count). The van der Waals surface area contributed by atoms with Crippen molar-refractivity contribution in [3.63, 3.8) is 0 Å². The van der Waals surface area contributed by atoms with E-state index in [0.717, 1.165) is 5.75 Å². The van der Waals surface area contributed by atoms with Crippen LogP contribution in [0.5, 0.6) is 5.75 Å². The molecule has 1 aliphatic heterocycles. The molecule has 0 radical (unpaired) electrons. The average Bonchev–Trinajstić information content (AvgIpc) is 2.75. The van der Waals surface area contributed by atoms with Gasteiger partial charge in [-0.1, -0.05) is 11.6 Å². The number of piperidine rings is 1. The van der Waals surface area contributed by atoms with E-state index in [1.165, 1.54) is 0 Å². The Morgan fingerprint density at radius 1 is 1.17 bits per heavy atom. The zero-order chi connectivity index (χ0) is 20.4. The number of ether oxygens (including phenoxy) is 1. The lowest BCUT2D eigenvalue weighted by Gasteiger charge is -2.32. The molecular formula is C21H21ClN4O3. The van der Waals surface area contributed by atoms with Crippen molar-refractivity contribution in [2.45, 2.75) is 18.9 Å². The monoisotopic (exact) mass is 412 g/mol. The number of methoxy groups -OCH3 is 1. The highest BCUT2D eigenvalue weighted by atomic mass is 35.5. The van der Waals surface area contributed by atoms with Crippen molar-refractivity contribution < 1.29 is 9.53 Å². The first-order chi connectivity index (χ1) is 14.0. The summed E-state index contributed by atoms with van der Waals surface area (Å²) in [5, 5.41) is 3.92. The Balaban J connectivity index is 1.42. The summed E-state index contributed by atoms with van der Waals surface area (Å²) in [5.74, 6) is 0.736. The maximum Gasteiger partial charge on any atom is 0.321 e. The standard InChI is InChI=1S/C21H21ClN4O3/c1-29-17-5-3-15(4-6-17)24-21(28)25-10-8-16(9-11-25)26-13-23-19-7-2-14(22)12-18(19)20(26)27/h2-7,12-13,16H,8-11H2,1H3,(H,24,28). The molecule has 0 bridgehead atoms. The number of nitrogens with one attached hydrogen (secondary N) is 1. The number of likely N-dealkylation sites (tertiary alicyclic amines) is 1. The van der Waals surface area contributed by atoms with Crippen LogP contribution in [-0.4, -0.2) is 40.7 Å². The zero-order valence-electron chi connectivity index (χ0n) is 16.0. The molecule has 0 unspecified atom stereocenters. The molecule has 1 aliphatic rings. The molecule has 29 heavy (non-hydrogen) atoms. The van der Waals surface area contributed by atoms with Crippen LogP contribution in [0.25, 0.3) is 10.9 Å². The second-order valence-corrected chi connectivity index (χ2v) is 7.43. The third-order valence-electron chi connectivity index (χ3n) is 5.23. The van der Waals surface area contributed by atoms with E-state index >= 15 is 0 Å². The van der Waals surface area contributed by atoms with E-state index in [1.54, 1.807) is 65.4 Å². The zero-order valence-corrected chi connectivity index (χ0v) is 16.7. The van der Waals surface area contributed by atoms with Gasteiger partial charge in [-0.05, 0) is 55.3 Å². The highest BCUT2D eigenvalue weighted by molar-refractivity contribution is 6.31. The first-order valence-electron chi connectivity index (χ1n) is 9.41. The molecular weight excluding hydrogens is 392 g/mol. The number of amides is 2. The SMILES string of the molecule is COc1ccc(NC(=O)N2CCC(n3cnc4ccc(Cl)cc4c3=O)CC2)cc1. The van der Waals surface area contributed by atoms with E-state index in [9.17, 15) is 9.59 Å². The maximum atomic E-state index is 12.8. The second-order valence-electron chi connectivity index (χ2n) is 7.00. The smallest absolute Gasteiger partial charge is 0.321 e. The number of anilines is 1. The van der Waals surface area contributed by atoms with E-state index in [4.69, 9.17) is 16.3 Å². The van der Waals surface area contributed by atoms with Gasteiger partial charge in [-0.2, -0.15) is 0 Å². The van der Waals surface area contributed by atoms with Gasteiger partial charge >= 0.3 is 6.03 Å². The van der Waals surface area contributed by atoms with Crippen LogP contribution in [-0.2, 0) is 0 Å². The Hall–Kier alpha value is -3.06. The van der Waals surface area contributed by atoms with Crippen molar-refractivity contribution in [3.8, 4) is 5.75 Å². The molecule has 2 aromatic carbocycles. The number of carbonyl (C=O) groups is 1. The minimum absolute atomic E-state index is 0.00316. The summed E-state index contributed by atoms with van der Waals surface area (Å²) in [6.07, 6.45) is 2.96. The van der Waals surface area contributed by atoms with Gasteiger partial charge in [0.15, 0.2) is 0 Å². The minimum atomic E-state index is -0.149. The highest BCUT2D eigenvalue weighted by Crippen LogP contribution is 2.23. The van der Waals surface area contributed by atoms with Crippen LogP contribution in [0.1, 0.15) is 18.9 Å². The molecule has 1 N–H and O–H groups in total. The van der Waals surface area contributed by atoms with Crippen LogP contribution >= 0.6 is 11.6 Å². The van der Waals surface area contributed by atoms with Gasteiger partial charge in [0.1, 0.15) is 5.75 Å². The van der Waals surface area contributed by atoms with E-state index < -0.39 is 0 Å². The molecule has 2 amide bonds. The van der Waals surface area contributed by atoms with Gasteiger partial charge in [0.2, 0.25) is 0 Å². The van der Waals surface area contributed by atoms with E-state index in [0.29, 0.717) is 47.5 Å². The summed E-state index contributed by atoms with van der Waals surface area (Å²) >= 11 is 6.03. The maximum absolute atomic E-state index is 12.8. The number of hydrogen-bond donors (Lipinski definition) is 1. The third-order valence-corrected chi connectivity index (χ3v) is 5.47. The summed E-state index contributed by atoms with van der Waals surface area (Å²) in [6.45, 7) is 1.12. The van der Waals surface area contributed by atoms with Gasteiger partial charge in [0.25, 0.3) is 5.56 Å². The number of benzene rings is 2. The predicted octanol–water partition coefficient (Wildman–Crippen LogP) is 3.93. The molecule has 150 valence electrons. The molecule has 7 nitrogen and oxygen atoms in total. The second kappa shape index (κ2) is 8.13. The number of rotatable bonds is 3. The number of urea groups is 1. The highest BCUT2D eigenvalue weighted by Gasteiger charge is 2.25. The number of hydrogen-bond acceptors (Lipinski definition) is 4. The molecule has 0 saturated carbocycles. The lowest BCUT2D eigenvalue weighted by Crippen LogP contribution is -2.42. The molecule has 1 aromatic heterocycles. The molecule has 2 heterocycles. The number of halogens is 1. The van der Waals surface area contributed by atoms with Gasteiger partial charge in [0, 0.05) is 29.8 Å². The van der Waals surface area contributed by atoms with Crippen LogP contribution in [0.4, 0.5) is 10.5 Å². The first-order valence-corrected chi connectivity index (χ1v) is 9.79. The number of aromatic nitrogens is 2. The van der Waals surface area contributed by atoms with Crippen molar-refractivity contribution in [3.05, 3.63) is 64.2 Å². The normalized spacial score (nSPS) is 14.8. The Morgan fingerprint density at radius 3 is 2.59 bits per heavy atom. The first kappa shape index (κ1) is 19.3. The van der Waals surface area contributed by atoms with Crippen molar-refractivity contribution >= 4 is 34.2 Å². The largest absolute Gasteiger partial charge is 0.497 e. The van der Waals surface area contributed by atoms with Gasteiger partial charge in [-0.3, -0.25) is 9.36 Å². The third kappa shape index (κ3) is 4.05. The van der Waals surface area contributed by atoms with Gasteiger partial charge in [0.05, 0.1) is 24.3 Å². The quantitative estimate of drug-likeness (QED) is 0.707. The Labute approximate surface area is 172 Å². The molecule has 0 spiro atoms. The Morgan fingerprint density at radius 2 is 1.90 bits per heavy atom. The lowest BCUT2D eigenvalue weighted by molar-refractivity contribution is 0.182. The molecule has 1 fully saturated rings. The minimum Gasteiger partial charge on any atom is -0.497 e. The fourth-order valence-electron chi connectivity index (χ4n) is 3.59. The van der Waals surface area contributed by atoms with Crippen molar-refractivity contribution in [2.75, 3.05) is 25.5 Å². The fraction of sp³-hybridized carbons (Fsp3) is 0.286. The van der Waals surface area contributed by atoms with Gasteiger partial charge in [-0.15, -0.1) is 0 Å². The summed E-state index contributed by atoms with van der Waals surface area (Å²) < 4.78 is 6.79. The number of fused-ring (bicyclic) bond motifs is 1. The van der Waals surface area contributed by atoms with Crippen LogP contribution < -0.4 is 15.6 Å². The lowest BCUT2D eigenvalue weighted by atomic mass is 10.0. The molecule has 0 atom stereocenters. The van der Waals surface area contributed by atoms with Gasteiger partial charge in [-0.25, -0.2) is 9.78 Å². The predicted molar refractivity (Wildman–Crippen MR) is 113 cm³/mol. The van der Waals surface area contributed by atoms with E-state index in [-0.39, 0.29) is 17.6 Å². The topological polar surface area (TPSA) is 76.5 Å². The number of nitrogens with zero attached hydrogens (tertiary/aromatic N) is 3. The molecule has 0 aliphatic carbocycles. The number of carbonyl (C=O) groups excluding carboxylic acids is 1. The summed E-state index contributed by atoms with van der Waals surface area (Å²) in [6, 6.07) is 12.2. The molecule has 8 heteroatoms. The molecule has 1 saturated heterocycles.